The van der Waals surface area contributed by atoms with Crippen LogP contribution in [0.2, 0.25) is 10.0 Å². The quantitative estimate of drug-likeness (QED) is 0.320. The maximum absolute atomic E-state index is 13.6. The number of amides is 2. The van der Waals surface area contributed by atoms with Crippen LogP contribution in [0.5, 0.6) is 0 Å². The number of sulfonamides is 1. The van der Waals surface area contributed by atoms with Crippen molar-refractivity contribution in [2.24, 2.45) is 0 Å². The van der Waals surface area contributed by atoms with E-state index in [-0.39, 0.29) is 37.8 Å². The van der Waals surface area contributed by atoms with Crippen LogP contribution in [-0.2, 0) is 14.8 Å². The molecule has 0 atom stereocenters. The standard InChI is InChI=1S/C26H27Cl2N3O4S/c1-3-4-15-29-26(33)21-7-5-6-8-23(21)30-25(32)17-31(24-16-19(27)11-14-22(24)28)36(34,35)20-12-9-18(2)10-13-20/h5-14,16H,3-4,15,17H2,1-2H3,(H,29,33)(H,30,32). The second-order valence-electron chi connectivity index (χ2n) is 8.12. The number of nitrogens with one attached hydrogen (secondary N) is 2. The van der Waals surface area contributed by atoms with Crippen LogP contribution >= 0.6 is 23.2 Å². The number of unbranched alkanes of at least 4 members (excludes halogenated alkanes) is 1. The maximum Gasteiger partial charge on any atom is 0.264 e. The molecule has 3 aromatic carbocycles. The fourth-order valence-electron chi connectivity index (χ4n) is 3.40. The van der Waals surface area contributed by atoms with Gasteiger partial charge in [-0.1, -0.05) is 66.4 Å². The van der Waals surface area contributed by atoms with E-state index < -0.39 is 22.5 Å². The monoisotopic (exact) mass is 547 g/mol. The van der Waals surface area contributed by atoms with Crippen LogP contribution in [0.3, 0.4) is 0 Å². The van der Waals surface area contributed by atoms with E-state index in [0.29, 0.717) is 6.54 Å². The molecule has 2 amide bonds. The fourth-order valence-corrected chi connectivity index (χ4v) is 5.27. The summed E-state index contributed by atoms with van der Waals surface area (Å²) in [6.45, 7) is 3.77. The molecule has 3 aromatic rings. The summed E-state index contributed by atoms with van der Waals surface area (Å²) in [6.07, 6.45) is 1.75. The molecule has 36 heavy (non-hydrogen) atoms. The van der Waals surface area contributed by atoms with Crippen LogP contribution in [0.15, 0.2) is 71.6 Å². The molecule has 0 heterocycles. The predicted molar refractivity (Wildman–Crippen MR) is 144 cm³/mol. The van der Waals surface area contributed by atoms with E-state index in [1.165, 1.54) is 30.3 Å². The number of halogens is 2. The van der Waals surface area contributed by atoms with Gasteiger partial charge in [0, 0.05) is 11.6 Å². The minimum atomic E-state index is -4.19. The Kier molecular flexibility index (Phi) is 9.37. The van der Waals surface area contributed by atoms with Gasteiger partial charge in [-0.2, -0.15) is 0 Å². The Labute approximate surface area is 221 Å². The molecule has 0 saturated carbocycles. The summed E-state index contributed by atoms with van der Waals surface area (Å²) in [4.78, 5) is 25.7. The van der Waals surface area contributed by atoms with Crippen LogP contribution in [0.4, 0.5) is 11.4 Å². The van der Waals surface area contributed by atoms with Gasteiger partial charge in [0.2, 0.25) is 5.91 Å². The molecule has 0 aliphatic rings. The zero-order valence-corrected chi connectivity index (χ0v) is 22.3. The summed E-state index contributed by atoms with van der Waals surface area (Å²) in [6, 6.07) is 17.2. The molecule has 0 bridgehead atoms. The molecule has 3 rings (SSSR count). The summed E-state index contributed by atoms with van der Waals surface area (Å²) in [5.74, 6) is -0.989. The van der Waals surface area contributed by atoms with Crippen molar-refractivity contribution in [3.05, 3.63) is 87.9 Å². The van der Waals surface area contributed by atoms with Crippen molar-refractivity contribution >= 4 is 56.4 Å². The molecular formula is C26H27Cl2N3O4S. The summed E-state index contributed by atoms with van der Waals surface area (Å²) in [5, 5.41) is 5.85. The van der Waals surface area contributed by atoms with Crippen LogP contribution in [-0.4, -0.2) is 33.3 Å². The molecule has 0 aromatic heterocycles. The zero-order valence-electron chi connectivity index (χ0n) is 19.9. The molecule has 190 valence electrons. The molecule has 0 aliphatic carbocycles. The topological polar surface area (TPSA) is 95.6 Å². The van der Waals surface area contributed by atoms with Crippen molar-refractivity contribution in [1.29, 1.82) is 0 Å². The van der Waals surface area contributed by atoms with Gasteiger partial charge in [0.25, 0.3) is 15.9 Å². The lowest BCUT2D eigenvalue weighted by molar-refractivity contribution is -0.114. The van der Waals surface area contributed by atoms with Crippen LogP contribution in [0, 0.1) is 6.92 Å². The molecule has 0 radical (unpaired) electrons. The molecule has 0 unspecified atom stereocenters. The average molecular weight is 548 g/mol. The number of benzene rings is 3. The maximum atomic E-state index is 13.6. The van der Waals surface area contributed by atoms with Gasteiger partial charge in [-0.05, 0) is 55.8 Å². The van der Waals surface area contributed by atoms with Gasteiger partial charge < -0.3 is 10.6 Å². The Morgan fingerprint density at radius 3 is 2.36 bits per heavy atom. The highest BCUT2D eigenvalue weighted by atomic mass is 35.5. The van der Waals surface area contributed by atoms with Crippen LogP contribution in [0.25, 0.3) is 0 Å². The van der Waals surface area contributed by atoms with Crippen LogP contribution in [0.1, 0.15) is 35.7 Å². The Morgan fingerprint density at radius 2 is 1.67 bits per heavy atom. The normalized spacial score (nSPS) is 11.1. The van der Waals surface area contributed by atoms with E-state index in [2.05, 4.69) is 10.6 Å². The summed E-state index contributed by atoms with van der Waals surface area (Å²) in [5.41, 5.74) is 1.48. The molecule has 0 saturated heterocycles. The van der Waals surface area contributed by atoms with E-state index in [4.69, 9.17) is 23.2 Å². The molecular weight excluding hydrogens is 521 g/mol. The largest absolute Gasteiger partial charge is 0.352 e. The molecule has 2 N–H and O–H groups in total. The second kappa shape index (κ2) is 12.3. The number of anilines is 2. The van der Waals surface area contributed by atoms with Crippen molar-refractivity contribution < 1.29 is 18.0 Å². The minimum absolute atomic E-state index is 0.00681. The first-order chi connectivity index (χ1) is 17.1. The van der Waals surface area contributed by atoms with Crippen LogP contribution < -0.4 is 14.9 Å². The lowest BCUT2D eigenvalue weighted by Gasteiger charge is -2.25. The van der Waals surface area contributed by atoms with E-state index in [9.17, 15) is 18.0 Å². The Morgan fingerprint density at radius 1 is 0.972 bits per heavy atom. The number of hydrogen-bond donors (Lipinski definition) is 2. The Bertz CT molecular complexity index is 1350. The van der Waals surface area contributed by atoms with Crippen molar-refractivity contribution in [3.63, 3.8) is 0 Å². The summed E-state index contributed by atoms with van der Waals surface area (Å²) >= 11 is 12.5. The highest BCUT2D eigenvalue weighted by molar-refractivity contribution is 7.92. The zero-order chi connectivity index (χ0) is 26.3. The predicted octanol–water partition coefficient (Wildman–Crippen LogP) is 5.67. The highest BCUT2D eigenvalue weighted by Gasteiger charge is 2.29. The van der Waals surface area contributed by atoms with Gasteiger partial charge in [-0.25, -0.2) is 8.42 Å². The third kappa shape index (κ3) is 6.78. The van der Waals surface area contributed by atoms with E-state index in [0.717, 1.165) is 22.7 Å². The number of hydrogen-bond acceptors (Lipinski definition) is 4. The Hall–Kier alpha value is -3.07. The number of aryl methyl sites for hydroxylation is 1. The number of rotatable bonds is 10. The third-order valence-corrected chi connectivity index (χ3v) is 7.66. The second-order valence-corrected chi connectivity index (χ2v) is 10.8. The van der Waals surface area contributed by atoms with Gasteiger partial charge in [0.15, 0.2) is 0 Å². The van der Waals surface area contributed by atoms with Crippen molar-refractivity contribution in [2.45, 2.75) is 31.6 Å². The van der Waals surface area contributed by atoms with Gasteiger partial charge >= 0.3 is 0 Å². The minimum Gasteiger partial charge on any atom is -0.352 e. The van der Waals surface area contributed by atoms with Gasteiger partial charge in [0.1, 0.15) is 6.54 Å². The van der Waals surface area contributed by atoms with Gasteiger partial charge in [-0.3, -0.25) is 13.9 Å². The third-order valence-electron chi connectivity index (χ3n) is 5.33. The number of carbonyl (C=O) groups excluding carboxylic acids is 2. The molecule has 7 nitrogen and oxygen atoms in total. The average Bonchev–Trinajstić information content (AvgIpc) is 2.85. The molecule has 0 spiro atoms. The summed E-state index contributed by atoms with van der Waals surface area (Å²) in [7, 11) is -4.19. The molecule has 0 aliphatic heterocycles. The number of carbonyl (C=O) groups is 2. The first kappa shape index (κ1) is 27.5. The van der Waals surface area contributed by atoms with Gasteiger partial charge in [0.05, 0.1) is 26.9 Å². The van der Waals surface area contributed by atoms with Crippen molar-refractivity contribution in [3.8, 4) is 0 Å². The highest BCUT2D eigenvalue weighted by Crippen LogP contribution is 2.33. The van der Waals surface area contributed by atoms with E-state index in [1.807, 2.05) is 13.8 Å². The molecule has 0 fully saturated rings. The van der Waals surface area contributed by atoms with Crippen molar-refractivity contribution in [1.82, 2.24) is 5.32 Å². The SMILES string of the molecule is CCCCNC(=O)c1ccccc1NC(=O)CN(c1cc(Cl)ccc1Cl)S(=O)(=O)c1ccc(C)cc1. The first-order valence-corrected chi connectivity index (χ1v) is 13.5. The smallest absolute Gasteiger partial charge is 0.264 e. The van der Waals surface area contributed by atoms with E-state index in [1.54, 1.807) is 36.4 Å². The van der Waals surface area contributed by atoms with Crippen molar-refractivity contribution in [2.75, 3.05) is 22.7 Å². The fraction of sp³-hybridized carbons (Fsp3) is 0.231. The first-order valence-electron chi connectivity index (χ1n) is 11.3. The van der Waals surface area contributed by atoms with E-state index >= 15 is 0 Å². The number of para-hydroxylation sites is 1. The number of nitrogens with zero attached hydrogens (tertiary/aromatic N) is 1. The lowest BCUT2D eigenvalue weighted by atomic mass is 10.1. The molecule has 10 heteroatoms. The lowest BCUT2D eigenvalue weighted by Crippen LogP contribution is -2.38. The Balaban J connectivity index is 1.93. The van der Waals surface area contributed by atoms with Gasteiger partial charge in [-0.15, -0.1) is 0 Å². The summed E-state index contributed by atoms with van der Waals surface area (Å²) < 4.78 is 28.1.